The van der Waals surface area contributed by atoms with Crippen LogP contribution in [0.3, 0.4) is 0 Å². The quantitative estimate of drug-likeness (QED) is 0.606. The Hall–Kier alpha value is -1.52. The molecule has 4 nitrogen and oxygen atoms in total. The first-order valence-corrected chi connectivity index (χ1v) is 8.28. The third kappa shape index (κ3) is 4.72. The molecule has 124 valence electrons. The van der Waals surface area contributed by atoms with E-state index in [-0.39, 0.29) is 24.3 Å². The first-order chi connectivity index (χ1) is 11.0. The summed E-state index contributed by atoms with van der Waals surface area (Å²) < 4.78 is 4.71. The minimum Gasteiger partial charge on any atom is -0.469 e. The molecule has 23 heavy (non-hydrogen) atoms. The average Bonchev–Trinajstić information content (AvgIpc) is 2.54. The summed E-state index contributed by atoms with van der Waals surface area (Å²) in [6.45, 7) is 0.640. The van der Waals surface area contributed by atoms with Crippen LogP contribution in [0, 0.1) is 0 Å². The van der Waals surface area contributed by atoms with Crippen molar-refractivity contribution in [1.82, 2.24) is 4.90 Å². The van der Waals surface area contributed by atoms with Crippen LogP contribution in [0.2, 0.25) is 10.0 Å². The van der Waals surface area contributed by atoms with Crippen molar-refractivity contribution < 1.29 is 14.3 Å². The Labute approximate surface area is 146 Å². The van der Waals surface area contributed by atoms with Crippen molar-refractivity contribution in [2.24, 2.45) is 0 Å². The van der Waals surface area contributed by atoms with E-state index < -0.39 is 0 Å². The van der Waals surface area contributed by atoms with Gasteiger partial charge in [0, 0.05) is 34.3 Å². The summed E-state index contributed by atoms with van der Waals surface area (Å²) in [5.74, 6) is -0.442. The predicted octanol–water partition coefficient (Wildman–Crippen LogP) is 3.95. The van der Waals surface area contributed by atoms with Gasteiger partial charge in [0.2, 0.25) is 5.91 Å². The molecule has 0 spiro atoms. The van der Waals surface area contributed by atoms with Crippen LogP contribution in [0.25, 0.3) is 6.08 Å². The second kappa shape index (κ2) is 8.37. The highest BCUT2D eigenvalue weighted by atomic mass is 35.5. The number of likely N-dealkylation sites (tertiary alicyclic amines) is 1. The molecule has 1 saturated heterocycles. The number of nitrogens with zero attached hydrogens (tertiary/aromatic N) is 1. The Bertz CT molecular complexity index is 596. The number of hydrogen-bond donors (Lipinski definition) is 0. The highest BCUT2D eigenvalue weighted by Crippen LogP contribution is 2.26. The maximum Gasteiger partial charge on any atom is 0.307 e. The summed E-state index contributed by atoms with van der Waals surface area (Å²) in [5, 5.41) is 0.984. The molecule has 1 aromatic carbocycles. The molecule has 0 radical (unpaired) electrons. The monoisotopic (exact) mass is 355 g/mol. The molecule has 0 bridgehead atoms. The molecule has 1 heterocycles. The van der Waals surface area contributed by atoms with Crippen molar-refractivity contribution in [3.8, 4) is 0 Å². The van der Waals surface area contributed by atoms with Crippen molar-refractivity contribution in [1.29, 1.82) is 0 Å². The van der Waals surface area contributed by atoms with Gasteiger partial charge in [-0.25, -0.2) is 0 Å². The van der Waals surface area contributed by atoms with Crippen LogP contribution < -0.4 is 0 Å². The third-order valence-corrected chi connectivity index (χ3v) is 4.59. The molecule has 0 saturated carbocycles. The lowest BCUT2D eigenvalue weighted by molar-refractivity contribution is -0.143. The number of carbonyl (C=O) groups excluding carboxylic acids is 2. The summed E-state index contributed by atoms with van der Waals surface area (Å²) in [6.07, 6.45) is 6.06. The largest absolute Gasteiger partial charge is 0.469 e. The molecule has 0 N–H and O–H groups in total. The van der Waals surface area contributed by atoms with Gasteiger partial charge in [-0.1, -0.05) is 29.3 Å². The number of esters is 1. The van der Waals surface area contributed by atoms with Crippen molar-refractivity contribution in [2.45, 2.75) is 31.7 Å². The van der Waals surface area contributed by atoms with Gasteiger partial charge in [-0.3, -0.25) is 9.59 Å². The number of amides is 1. The lowest BCUT2D eigenvalue weighted by Gasteiger charge is -2.34. The molecule has 1 atom stereocenters. The van der Waals surface area contributed by atoms with Crippen molar-refractivity contribution in [2.75, 3.05) is 13.7 Å². The van der Waals surface area contributed by atoms with E-state index in [4.69, 9.17) is 27.9 Å². The van der Waals surface area contributed by atoms with Crippen LogP contribution in [0.1, 0.15) is 31.2 Å². The number of carbonyl (C=O) groups is 2. The van der Waals surface area contributed by atoms with E-state index in [9.17, 15) is 9.59 Å². The van der Waals surface area contributed by atoms with Gasteiger partial charge < -0.3 is 9.64 Å². The molecule has 1 aliphatic rings. The zero-order valence-corrected chi connectivity index (χ0v) is 14.4. The molecule has 0 aromatic heterocycles. The highest BCUT2D eigenvalue weighted by molar-refractivity contribution is 6.37. The molecule has 1 aromatic rings. The van der Waals surface area contributed by atoms with Crippen LogP contribution in [-0.4, -0.2) is 36.5 Å². The normalized spacial score (nSPS) is 18.2. The highest BCUT2D eigenvalue weighted by Gasteiger charge is 2.27. The minimum absolute atomic E-state index is 0.116. The van der Waals surface area contributed by atoms with E-state index in [1.807, 2.05) is 0 Å². The fraction of sp³-hybridized carbons (Fsp3) is 0.412. The zero-order valence-electron chi connectivity index (χ0n) is 12.9. The van der Waals surface area contributed by atoms with E-state index >= 15 is 0 Å². The van der Waals surface area contributed by atoms with Crippen molar-refractivity contribution in [3.63, 3.8) is 0 Å². The molecule has 1 unspecified atom stereocenters. The topological polar surface area (TPSA) is 46.6 Å². The van der Waals surface area contributed by atoms with E-state index in [0.29, 0.717) is 22.2 Å². The molecule has 6 heteroatoms. The summed E-state index contributed by atoms with van der Waals surface area (Å²) in [5.41, 5.74) is 0.616. The van der Waals surface area contributed by atoms with Crippen molar-refractivity contribution in [3.05, 3.63) is 39.9 Å². The Morgan fingerprint density at radius 1 is 1.30 bits per heavy atom. The second-order valence-electron chi connectivity index (χ2n) is 5.43. The maximum absolute atomic E-state index is 12.5. The summed E-state index contributed by atoms with van der Waals surface area (Å²) in [4.78, 5) is 25.7. The third-order valence-electron chi connectivity index (χ3n) is 3.93. The number of ether oxygens (including phenoxy) is 1. The smallest absolute Gasteiger partial charge is 0.307 e. The average molecular weight is 356 g/mol. The number of benzene rings is 1. The van der Waals surface area contributed by atoms with Crippen LogP contribution in [0.15, 0.2) is 24.3 Å². The Balaban J connectivity index is 2.11. The van der Waals surface area contributed by atoms with Gasteiger partial charge in [-0.2, -0.15) is 0 Å². The van der Waals surface area contributed by atoms with Gasteiger partial charge in [0.1, 0.15) is 0 Å². The predicted molar refractivity (Wildman–Crippen MR) is 91.5 cm³/mol. The standard InChI is InChI=1S/C17H19Cl2NO3/c1-23-17(22)11-12-5-2-3-10-20(12)16(21)9-8-13-14(18)6-4-7-15(13)19/h4,6-9,12H,2-3,5,10-11H2,1H3/b9-8+. The van der Waals surface area contributed by atoms with E-state index in [1.165, 1.54) is 13.2 Å². The van der Waals surface area contributed by atoms with Gasteiger partial charge in [0.25, 0.3) is 0 Å². The van der Waals surface area contributed by atoms with Crippen LogP contribution >= 0.6 is 23.2 Å². The number of halogens is 2. The number of hydrogen-bond acceptors (Lipinski definition) is 3. The van der Waals surface area contributed by atoms with E-state index in [0.717, 1.165) is 19.3 Å². The van der Waals surface area contributed by atoms with Gasteiger partial charge in [-0.15, -0.1) is 0 Å². The summed E-state index contributed by atoms with van der Waals surface area (Å²) >= 11 is 12.2. The molecule has 0 aliphatic carbocycles. The molecule has 1 fully saturated rings. The van der Waals surface area contributed by atoms with Crippen LogP contribution in [-0.2, 0) is 14.3 Å². The molecule has 1 amide bonds. The van der Waals surface area contributed by atoms with Gasteiger partial charge in [-0.05, 0) is 37.5 Å². The van der Waals surface area contributed by atoms with Crippen molar-refractivity contribution >= 4 is 41.2 Å². The number of rotatable bonds is 4. The fourth-order valence-electron chi connectivity index (χ4n) is 2.70. The van der Waals surface area contributed by atoms with Crippen LogP contribution in [0.4, 0.5) is 0 Å². The molecule has 1 aliphatic heterocycles. The van der Waals surface area contributed by atoms with Gasteiger partial charge in [0.05, 0.1) is 13.5 Å². The minimum atomic E-state index is -0.298. The molecule has 2 rings (SSSR count). The van der Waals surface area contributed by atoms with Gasteiger partial charge in [0.15, 0.2) is 0 Å². The van der Waals surface area contributed by atoms with E-state index in [2.05, 4.69) is 0 Å². The molecular weight excluding hydrogens is 337 g/mol. The fourth-order valence-corrected chi connectivity index (χ4v) is 3.22. The zero-order chi connectivity index (χ0) is 16.8. The SMILES string of the molecule is COC(=O)CC1CCCCN1C(=O)/C=C/c1c(Cl)cccc1Cl. The summed E-state index contributed by atoms with van der Waals surface area (Å²) in [7, 11) is 1.36. The Morgan fingerprint density at radius 2 is 2.00 bits per heavy atom. The van der Waals surface area contributed by atoms with Gasteiger partial charge >= 0.3 is 5.97 Å². The maximum atomic E-state index is 12.5. The molecular formula is C17H19Cl2NO3. The Morgan fingerprint density at radius 3 is 2.65 bits per heavy atom. The number of methoxy groups -OCH3 is 1. The Kier molecular flexibility index (Phi) is 6.48. The first-order valence-electron chi connectivity index (χ1n) is 7.52. The number of piperidine rings is 1. The lowest BCUT2D eigenvalue weighted by Crippen LogP contribution is -2.44. The second-order valence-corrected chi connectivity index (χ2v) is 6.24. The summed E-state index contributed by atoms with van der Waals surface area (Å²) in [6, 6.07) is 5.08. The first kappa shape index (κ1) is 17.8. The lowest BCUT2D eigenvalue weighted by atomic mass is 9.99. The van der Waals surface area contributed by atoms with E-state index in [1.54, 1.807) is 29.2 Å². The van der Waals surface area contributed by atoms with Crippen LogP contribution in [0.5, 0.6) is 0 Å².